The first-order valence-electron chi connectivity index (χ1n) is 7.71. The van der Waals surface area contributed by atoms with E-state index in [9.17, 15) is 4.39 Å². The van der Waals surface area contributed by atoms with E-state index in [4.69, 9.17) is 9.47 Å². The molecule has 0 aliphatic carbocycles. The molecule has 0 radical (unpaired) electrons. The van der Waals surface area contributed by atoms with E-state index in [0.29, 0.717) is 30.1 Å². The fourth-order valence-corrected chi connectivity index (χ4v) is 1.80. The lowest BCUT2D eigenvalue weighted by atomic mass is 10.2. The normalized spacial score (nSPS) is 10.8. The van der Waals surface area contributed by atoms with Gasteiger partial charge in [0.2, 0.25) is 11.8 Å². The highest BCUT2D eigenvalue weighted by molar-refractivity contribution is 5.31. The SMILES string of the molecule is CC(C)COCCCNc1nccc(Oc2ccc(F)cc2)n1. The maximum Gasteiger partial charge on any atom is 0.225 e. The molecular weight excluding hydrogens is 297 g/mol. The second-order valence-electron chi connectivity index (χ2n) is 5.52. The highest BCUT2D eigenvalue weighted by Crippen LogP contribution is 2.19. The number of nitrogens with zero attached hydrogens (tertiary/aromatic N) is 2. The molecule has 0 atom stereocenters. The minimum atomic E-state index is -0.304. The van der Waals surface area contributed by atoms with Gasteiger partial charge in [-0.25, -0.2) is 9.37 Å². The number of halogens is 1. The van der Waals surface area contributed by atoms with Gasteiger partial charge in [0, 0.05) is 32.0 Å². The minimum absolute atomic E-state index is 0.304. The van der Waals surface area contributed by atoms with E-state index in [1.54, 1.807) is 24.4 Å². The summed E-state index contributed by atoms with van der Waals surface area (Å²) < 4.78 is 23.9. The number of benzene rings is 1. The first-order chi connectivity index (χ1) is 11.1. The summed E-state index contributed by atoms with van der Waals surface area (Å²) in [4.78, 5) is 8.40. The average Bonchev–Trinajstić information content (AvgIpc) is 2.53. The maximum absolute atomic E-state index is 12.9. The number of anilines is 1. The molecule has 23 heavy (non-hydrogen) atoms. The zero-order valence-corrected chi connectivity index (χ0v) is 13.5. The van der Waals surface area contributed by atoms with Crippen molar-refractivity contribution < 1.29 is 13.9 Å². The largest absolute Gasteiger partial charge is 0.439 e. The predicted octanol–water partition coefficient (Wildman–Crippen LogP) is 3.88. The van der Waals surface area contributed by atoms with Gasteiger partial charge in [-0.15, -0.1) is 0 Å². The second-order valence-corrected chi connectivity index (χ2v) is 5.52. The van der Waals surface area contributed by atoms with Gasteiger partial charge in [0.1, 0.15) is 11.6 Å². The molecule has 124 valence electrons. The molecule has 1 aromatic carbocycles. The van der Waals surface area contributed by atoms with Crippen LogP contribution in [0, 0.1) is 11.7 Å². The Morgan fingerprint density at radius 3 is 2.70 bits per heavy atom. The number of rotatable bonds is 9. The molecular formula is C17H22FN3O2. The third kappa shape index (κ3) is 6.61. The molecule has 0 aliphatic rings. The summed E-state index contributed by atoms with van der Waals surface area (Å²) in [6.45, 7) is 6.45. The number of aromatic nitrogens is 2. The van der Waals surface area contributed by atoms with Crippen LogP contribution in [0.5, 0.6) is 11.6 Å². The van der Waals surface area contributed by atoms with Crippen LogP contribution in [0.25, 0.3) is 0 Å². The van der Waals surface area contributed by atoms with Crippen LogP contribution in [0.3, 0.4) is 0 Å². The van der Waals surface area contributed by atoms with E-state index < -0.39 is 0 Å². The van der Waals surface area contributed by atoms with Crippen molar-refractivity contribution in [1.29, 1.82) is 0 Å². The van der Waals surface area contributed by atoms with Gasteiger partial charge in [0.05, 0.1) is 0 Å². The van der Waals surface area contributed by atoms with E-state index in [0.717, 1.165) is 19.6 Å². The van der Waals surface area contributed by atoms with Gasteiger partial charge in [-0.3, -0.25) is 0 Å². The Balaban J connectivity index is 1.77. The first kappa shape index (κ1) is 17.1. The van der Waals surface area contributed by atoms with Crippen molar-refractivity contribution in [3.63, 3.8) is 0 Å². The zero-order chi connectivity index (χ0) is 16.5. The summed E-state index contributed by atoms with van der Waals surface area (Å²) >= 11 is 0. The first-order valence-corrected chi connectivity index (χ1v) is 7.71. The molecule has 0 fully saturated rings. The summed E-state index contributed by atoms with van der Waals surface area (Å²) in [6, 6.07) is 7.44. The maximum atomic E-state index is 12.9. The van der Waals surface area contributed by atoms with E-state index in [-0.39, 0.29) is 5.82 Å². The molecule has 2 rings (SSSR count). The van der Waals surface area contributed by atoms with Crippen molar-refractivity contribution in [2.75, 3.05) is 25.1 Å². The van der Waals surface area contributed by atoms with Gasteiger partial charge >= 0.3 is 0 Å². The van der Waals surface area contributed by atoms with E-state index in [1.807, 2.05) is 0 Å². The van der Waals surface area contributed by atoms with Gasteiger partial charge < -0.3 is 14.8 Å². The van der Waals surface area contributed by atoms with E-state index in [2.05, 4.69) is 29.1 Å². The number of hydrogen-bond acceptors (Lipinski definition) is 5. The highest BCUT2D eigenvalue weighted by Gasteiger charge is 2.02. The Kier molecular flexibility index (Phi) is 6.75. The Labute approximate surface area is 135 Å². The standard InChI is InChI=1S/C17H22FN3O2/c1-13(2)12-22-11-3-9-19-17-20-10-8-16(21-17)23-15-6-4-14(18)5-7-15/h4-8,10,13H,3,9,11-12H2,1-2H3,(H,19,20,21). The molecule has 0 amide bonds. The Hall–Kier alpha value is -2.21. The summed E-state index contributed by atoms with van der Waals surface area (Å²) in [6.07, 6.45) is 2.49. The van der Waals surface area contributed by atoms with Crippen LogP contribution >= 0.6 is 0 Å². The van der Waals surface area contributed by atoms with E-state index >= 15 is 0 Å². The summed E-state index contributed by atoms with van der Waals surface area (Å²) in [5.74, 6) is 1.67. The van der Waals surface area contributed by atoms with E-state index in [1.165, 1.54) is 12.1 Å². The molecule has 0 bridgehead atoms. The molecule has 1 N–H and O–H groups in total. The van der Waals surface area contributed by atoms with Crippen LogP contribution in [0.1, 0.15) is 20.3 Å². The van der Waals surface area contributed by atoms with Crippen LogP contribution in [0.4, 0.5) is 10.3 Å². The van der Waals surface area contributed by atoms with Crippen molar-refractivity contribution in [1.82, 2.24) is 9.97 Å². The van der Waals surface area contributed by atoms with Crippen molar-refractivity contribution >= 4 is 5.95 Å². The molecule has 1 heterocycles. The van der Waals surface area contributed by atoms with Crippen LogP contribution in [0.15, 0.2) is 36.5 Å². The van der Waals surface area contributed by atoms with Crippen molar-refractivity contribution in [3.05, 3.63) is 42.3 Å². The topological polar surface area (TPSA) is 56.3 Å². The molecule has 5 nitrogen and oxygen atoms in total. The molecule has 0 spiro atoms. The summed E-state index contributed by atoms with van der Waals surface area (Å²) in [5, 5.41) is 3.13. The van der Waals surface area contributed by atoms with Gasteiger partial charge in [-0.1, -0.05) is 13.8 Å². The Bertz CT molecular complexity index is 591. The lowest BCUT2D eigenvalue weighted by Gasteiger charge is -2.09. The fraction of sp³-hybridized carbons (Fsp3) is 0.412. The Morgan fingerprint density at radius 1 is 1.17 bits per heavy atom. The molecule has 1 aromatic heterocycles. The lowest BCUT2D eigenvalue weighted by molar-refractivity contribution is 0.110. The molecule has 0 saturated heterocycles. The van der Waals surface area contributed by atoms with Crippen LogP contribution < -0.4 is 10.1 Å². The molecule has 6 heteroatoms. The van der Waals surface area contributed by atoms with Crippen LogP contribution in [-0.2, 0) is 4.74 Å². The lowest BCUT2D eigenvalue weighted by Crippen LogP contribution is -2.10. The molecule has 0 unspecified atom stereocenters. The zero-order valence-electron chi connectivity index (χ0n) is 13.5. The summed E-state index contributed by atoms with van der Waals surface area (Å²) in [5.41, 5.74) is 0. The third-order valence-electron chi connectivity index (χ3n) is 2.87. The molecule has 0 saturated carbocycles. The minimum Gasteiger partial charge on any atom is -0.439 e. The van der Waals surface area contributed by atoms with Gasteiger partial charge in [0.15, 0.2) is 0 Å². The smallest absolute Gasteiger partial charge is 0.225 e. The van der Waals surface area contributed by atoms with Crippen LogP contribution in [-0.4, -0.2) is 29.7 Å². The second kappa shape index (κ2) is 9.05. The monoisotopic (exact) mass is 319 g/mol. The number of nitrogens with one attached hydrogen (secondary N) is 1. The van der Waals surface area contributed by atoms with Crippen molar-refractivity contribution in [3.8, 4) is 11.6 Å². The predicted molar refractivity (Wildman–Crippen MR) is 87.3 cm³/mol. The highest BCUT2D eigenvalue weighted by atomic mass is 19.1. The van der Waals surface area contributed by atoms with Gasteiger partial charge in [-0.2, -0.15) is 4.98 Å². The third-order valence-corrected chi connectivity index (χ3v) is 2.87. The number of ether oxygens (including phenoxy) is 2. The van der Waals surface area contributed by atoms with Gasteiger partial charge in [0.25, 0.3) is 0 Å². The molecule has 2 aromatic rings. The fourth-order valence-electron chi connectivity index (χ4n) is 1.80. The molecule has 0 aliphatic heterocycles. The quantitative estimate of drug-likeness (QED) is 0.711. The van der Waals surface area contributed by atoms with Gasteiger partial charge in [-0.05, 0) is 36.6 Å². The van der Waals surface area contributed by atoms with Crippen molar-refractivity contribution in [2.24, 2.45) is 5.92 Å². The summed E-state index contributed by atoms with van der Waals surface area (Å²) in [7, 11) is 0. The average molecular weight is 319 g/mol. The van der Waals surface area contributed by atoms with Crippen molar-refractivity contribution in [2.45, 2.75) is 20.3 Å². The Morgan fingerprint density at radius 2 is 1.96 bits per heavy atom. The number of hydrogen-bond donors (Lipinski definition) is 1. The van der Waals surface area contributed by atoms with Crippen LogP contribution in [0.2, 0.25) is 0 Å².